The summed E-state index contributed by atoms with van der Waals surface area (Å²) in [5.74, 6) is 1.01. The minimum absolute atomic E-state index is 0.0240. The van der Waals surface area contributed by atoms with Gasteiger partial charge in [-0.3, -0.25) is 0 Å². The Bertz CT molecular complexity index is 573. The van der Waals surface area contributed by atoms with Gasteiger partial charge in [0.25, 0.3) is 0 Å². The number of hydrogen-bond donors (Lipinski definition) is 2. The highest BCUT2D eigenvalue weighted by atomic mass is 79.9. The number of nitrogens with two attached hydrogens (primary N) is 1. The zero-order valence-electron chi connectivity index (χ0n) is 11.6. The van der Waals surface area contributed by atoms with Crippen LogP contribution in [-0.2, 0) is 5.41 Å². The molecule has 0 saturated carbocycles. The summed E-state index contributed by atoms with van der Waals surface area (Å²) in [4.78, 5) is 8.19. The maximum absolute atomic E-state index is 5.68. The Kier molecular flexibility index (Phi) is 4.11. The molecule has 3 nitrogen and oxygen atoms in total. The van der Waals surface area contributed by atoms with Crippen molar-refractivity contribution in [2.45, 2.75) is 32.6 Å². The highest BCUT2D eigenvalue weighted by Crippen LogP contribution is 2.29. The number of hydrogen-bond acceptors (Lipinski definition) is 2. The SMILES string of the molecule is Cc1[nH]c(C(C)(C)CCN)nc1-c1cccc(Br)c1. The maximum Gasteiger partial charge on any atom is 0.112 e. The Labute approximate surface area is 122 Å². The largest absolute Gasteiger partial charge is 0.345 e. The number of benzene rings is 1. The zero-order chi connectivity index (χ0) is 14.0. The predicted octanol–water partition coefficient (Wildman–Crippen LogP) is 3.77. The summed E-state index contributed by atoms with van der Waals surface area (Å²) in [6, 6.07) is 8.21. The van der Waals surface area contributed by atoms with E-state index in [1.54, 1.807) is 0 Å². The summed E-state index contributed by atoms with van der Waals surface area (Å²) in [6.07, 6.45) is 0.915. The number of nitrogens with zero attached hydrogens (tertiary/aromatic N) is 1. The number of halogens is 1. The maximum atomic E-state index is 5.68. The number of aromatic amines is 1. The quantitative estimate of drug-likeness (QED) is 0.900. The molecule has 0 saturated heterocycles. The number of aromatic nitrogens is 2. The van der Waals surface area contributed by atoms with Crippen molar-refractivity contribution in [1.82, 2.24) is 9.97 Å². The standard InChI is InChI=1S/C15H20BrN3/c1-10-13(11-5-4-6-12(16)9-11)19-14(18-10)15(2,3)7-8-17/h4-6,9H,7-8,17H2,1-3H3,(H,18,19). The molecule has 0 aliphatic rings. The van der Waals surface area contributed by atoms with E-state index in [1.807, 2.05) is 12.1 Å². The third-order valence-corrected chi connectivity index (χ3v) is 3.89. The predicted molar refractivity (Wildman–Crippen MR) is 83.2 cm³/mol. The first-order valence-corrected chi connectivity index (χ1v) is 7.26. The summed E-state index contributed by atoms with van der Waals surface area (Å²) >= 11 is 3.50. The molecular weight excluding hydrogens is 302 g/mol. The fourth-order valence-corrected chi connectivity index (χ4v) is 2.58. The minimum Gasteiger partial charge on any atom is -0.345 e. The van der Waals surface area contributed by atoms with Crippen LogP contribution < -0.4 is 5.73 Å². The number of nitrogens with one attached hydrogen (secondary N) is 1. The fraction of sp³-hybridized carbons (Fsp3) is 0.400. The first-order chi connectivity index (χ1) is 8.94. The molecule has 0 bridgehead atoms. The lowest BCUT2D eigenvalue weighted by Crippen LogP contribution is -2.23. The average Bonchev–Trinajstić information content (AvgIpc) is 2.72. The third-order valence-electron chi connectivity index (χ3n) is 3.39. The Morgan fingerprint density at radius 1 is 1.37 bits per heavy atom. The van der Waals surface area contributed by atoms with E-state index in [0.29, 0.717) is 6.54 Å². The van der Waals surface area contributed by atoms with E-state index in [0.717, 1.165) is 33.7 Å². The first kappa shape index (κ1) is 14.3. The second-order valence-electron chi connectivity index (χ2n) is 5.49. The average molecular weight is 322 g/mol. The molecule has 0 atom stereocenters. The number of imidazole rings is 1. The summed E-state index contributed by atoms with van der Waals surface area (Å²) < 4.78 is 1.06. The van der Waals surface area contributed by atoms with Crippen LogP contribution >= 0.6 is 15.9 Å². The molecule has 0 fully saturated rings. The number of H-pyrrole nitrogens is 1. The molecule has 1 heterocycles. The van der Waals surface area contributed by atoms with Gasteiger partial charge in [0.1, 0.15) is 5.82 Å². The molecule has 0 unspecified atom stereocenters. The molecule has 0 radical (unpaired) electrons. The molecule has 0 aliphatic heterocycles. The van der Waals surface area contributed by atoms with E-state index < -0.39 is 0 Å². The minimum atomic E-state index is -0.0240. The lowest BCUT2D eigenvalue weighted by atomic mass is 9.88. The van der Waals surface area contributed by atoms with Gasteiger partial charge in [-0.25, -0.2) is 4.98 Å². The molecule has 0 amide bonds. The van der Waals surface area contributed by atoms with E-state index in [4.69, 9.17) is 10.7 Å². The topological polar surface area (TPSA) is 54.7 Å². The summed E-state index contributed by atoms with van der Waals surface area (Å²) in [5, 5.41) is 0. The van der Waals surface area contributed by atoms with E-state index in [9.17, 15) is 0 Å². The van der Waals surface area contributed by atoms with Gasteiger partial charge in [-0.15, -0.1) is 0 Å². The highest BCUT2D eigenvalue weighted by Gasteiger charge is 2.24. The Hall–Kier alpha value is -1.13. The summed E-state index contributed by atoms with van der Waals surface area (Å²) in [7, 11) is 0. The number of aryl methyl sites for hydroxylation is 1. The van der Waals surface area contributed by atoms with Crippen molar-refractivity contribution in [3.05, 3.63) is 40.3 Å². The van der Waals surface area contributed by atoms with Crippen LogP contribution in [0.15, 0.2) is 28.7 Å². The van der Waals surface area contributed by atoms with Crippen molar-refractivity contribution in [2.75, 3.05) is 6.54 Å². The van der Waals surface area contributed by atoms with Crippen LogP contribution in [0.5, 0.6) is 0 Å². The lowest BCUT2D eigenvalue weighted by molar-refractivity contribution is 0.461. The lowest BCUT2D eigenvalue weighted by Gasteiger charge is -2.20. The van der Waals surface area contributed by atoms with Gasteiger partial charge in [0.15, 0.2) is 0 Å². The molecule has 1 aromatic heterocycles. The molecular formula is C15H20BrN3. The van der Waals surface area contributed by atoms with Crippen LogP contribution in [0.2, 0.25) is 0 Å². The van der Waals surface area contributed by atoms with E-state index in [2.05, 4.69) is 53.8 Å². The second-order valence-corrected chi connectivity index (χ2v) is 6.41. The highest BCUT2D eigenvalue weighted by molar-refractivity contribution is 9.10. The zero-order valence-corrected chi connectivity index (χ0v) is 13.2. The molecule has 19 heavy (non-hydrogen) atoms. The van der Waals surface area contributed by atoms with Crippen LogP contribution in [0.3, 0.4) is 0 Å². The molecule has 2 rings (SSSR count). The van der Waals surface area contributed by atoms with Crippen molar-refractivity contribution in [1.29, 1.82) is 0 Å². The van der Waals surface area contributed by atoms with Crippen molar-refractivity contribution < 1.29 is 0 Å². The second kappa shape index (κ2) is 5.47. The van der Waals surface area contributed by atoms with Crippen LogP contribution in [0, 0.1) is 6.92 Å². The smallest absolute Gasteiger partial charge is 0.112 e. The number of rotatable bonds is 4. The van der Waals surface area contributed by atoms with Crippen LogP contribution in [-0.4, -0.2) is 16.5 Å². The fourth-order valence-electron chi connectivity index (χ4n) is 2.18. The molecule has 3 N–H and O–H groups in total. The normalized spacial score (nSPS) is 11.8. The van der Waals surface area contributed by atoms with Gasteiger partial charge >= 0.3 is 0 Å². The summed E-state index contributed by atoms with van der Waals surface area (Å²) in [5.41, 5.74) is 8.89. The van der Waals surface area contributed by atoms with E-state index in [-0.39, 0.29) is 5.41 Å². The molecule has 102 valence electrons. The van der Waals surface area contributed by atoms with Gasteiger partial charge in [0.05, 0.1) is 5.69 Å². The molecule has 2 aromatic rings. The molecule has 1 aromatic carbocycles. The van der Waals surface area contributed by atoms with Crippen LogP contribution in [0.25, 0.3) is 11.3 Å². The van der Waals surface area contributed by atoms with Crippen molar-refractivity contribution in [3.8, 4) is 11.3 Å². The molecule has 4 heteroatoms. The van der Waals surface area contributed by atoms with Crippen molar-refractivity contribution in [2.24, 2.45) is 5.73 Å². The van der Waals surface area contributed by atoms with Crippen LogP contribution in [0.1, 0.15) is 31.8 Å². The third kappa shape index (κ3) is 3.07. The summed E-state index contributed by atoms with van der Waals surface area (Å²) in [6.45, 7) is 7.07. The molecule has 0 aliphatic carbocycles. The van der Waals surface area contributed by atoms with Gasteiger partial charge < -0.3 is 10.7 Å². The first-order valence-electron chi connectivity index (χ1n) is 6.47. The van der Waals surface area contributed by atoms with Gasteiger partial charge in [-0.05, 0) is 32.0 Å². The Morgan fingerprint density at radius 2 is 2.11 bits per heavy atom. The van der Waals surface area contributed by atoms with Crippen molar-refractivity contribution >= 4 is 15.9 Å². The van der Waals surface area contributed by atoms with Gasteiger partial charge in [-0.1, -0.05) is 41.9 Å². The van der Waals surface area contributed by atoms with E-state index in [1.165, 1.54) is 0 Å². The van der Waals surface area contributed by atoms with Gasteiger partial charge in [0, 0.05) is 21.1 Å². The van der Waals surface area contributed by atoms with Crippen LogP contribution in [0.4, 0.5) is 0 Å². The molecule has 0 spiro atoms. The van der Waals surface area contributed by atoms with E-state index >= 15 is 0 Å². The van der Waals surface area contributed by atoms with Gasteiger partial charge in [-0.2, -0.15) is 0 Å². The van der Waals surface area contributed by atoms with Crippen molar-refractivity contribution in [3.63, 3.8) is 0 Å². The monoisotopic (exact) mass is 321 g/mol. The van der Waals surface area contributed by atoms with Gasteiger partial charge in [0.2, 0.25) is 0 Å². The Balaban J connectivity index is 2.42. The Morgan fingerprint density at radius 3 is 2.74 bits per heavy atom.